The number of thiophene rings is 1. The van der Waals surface area contributed by atoms with E-state index in [4.69, 9.17) is 11.6 Å². The van der Waals surface area contributed by atoms with Crippen LogP contribution < -0.4 is 10.3 Å². The zero-order chi connectivity index (χ0) is 25.0. The van der Waals surface area contributed by atoms with Crippen LogP contribution in [-0.4, -0.2) is 32.2 Å². The van der Waals surface area contributed by atoms with Crippen LogP contribution in [-0.2, 0) is 23.0 Å². The maximum Gasteiger partial charge on any atom is 0.286 e. The van der Waals surface area contributed by atoms with Crippen molar-refractivity contribution in [1.29, 1.82) is 0 Å². The summed E-state index contributed by atoms with van der Waals surface area (Å²) in [4.78, 5) is 24.5. The van der Waals surface area contributed by atoms with Crippen LogP contribution in [0.1, 0.15) is 26.4 Å². The number of nitrogens with one attached hydrogen (secondary N) is 1. The zero-order valence-corrected chi connectivity index (χ0v) is 19.8. The zero-order valence-electron chi connectivity index (χ0n) is 17.4. The molecule has 0 unspecified atom stereocenters. The molecule has 0 bridgehead atoms. The van der Waals surface area contributed by atoms with Gasteiger partial charge in [0.15, 0.2) is 11.6 Å². The molecule has 2 aromatic heterocycles. The molecular weight excluding hydrogens is 513 g/mol. The second-order valence-corrected chi connectivity index (χ2v) is 10.5. The fraction of sp³-hybridized carbons (Fsp3) is 0.182. The van der Waals surface area contributed by atoms with Gasteiger partial charge in [-0.1, -0.05) is 29.5 Å². The minimum absolute atomic E-state index is 0.0366. The van der Waals surface area contributed by atoms with Crippen molar-refractivity contribution >= 4 is 38.7 Å². The van der Waals surface area contributed by atoms with Gasteiger partial charge in [0.2, 0.25) is 10.0 Å². The van der Waals surface area contributed by atoms with Gasteiger partial charge in [-0.15, -0.1) is 11.3 Å². The number of alkyl halides is 2. The van der Waals surface area contributed by atoms with Gasteiger partial charge in [0.05, 0.1) is 21.9 Å². The van der Waals surface area contributed by atoms with E-state index in [9.17, 15) is 31.2 Å². The van der Waals surface area contributed by atoms with Gasteiger partial charge >= 0.3 is 0 Å². The van der Waals surface area contributed by atoms with Crippen molar-refractivity contribution in [3.8, 4) is 11.8 Å². The maximum atomic E-state index is 13.8. The van der Waals surface area contributed by atoms with E-state index in [1.54, 1.807) is 6.07 Å². The summed E-state index contributed by atoms with van der Waals surface area (Å²) in [6, 6.07) is 8.21. The highest BCUT2D eigenvalue weighted by molar-refractivity contribution is 7.89. The fourth-order valence-corrected chi connectivity index (χ4v) is 4.80. The maximum absolute atomic E-state index is 13.8. The number of rotatable bonds is 7. The number of carbonyl (C=O) groups is 1. The fourth-order valence-electron chi connectivity index (χ4n) is 2.90. The molecule has 0 fully saturated rings. The average molecular weight is 529 g/mol. The molecule has 0 saturated heterocycles. The molecule has 0 radical (unpaired) electrons. The summed E-state index contributed by atoms with van der Waals surface area (Å²) in [5.41, 5.74) is -0.406. The van der Waals surface area contributed by atoms with Crippen molar-refractivity contribution < 1.29 is 26.4 Å². The third-order valence-electron chi connectivity index (χ3n) is 4.51. The van der Waals surface area contributed by atoms with Crippen molar-refractivity contribution in [3.05, 3.63) is 84.7 Å². The molecule has 0 aliphatic rings. The highest BCUT2D eigenvalue weighted by Crippen LogP contribution is 2.28. The highest BCUT2D eigenvalue weighted by atomic mass is 35.5. The Morgan fingerprint density at radius 3 is 2.65 bits per heavy atom. The minimum Gasteiger partial charge on any atom is -0.307 e. The standard InChI is InChI=1S/C22H16ClF3N2O4S2/c1-27-34(31,32)16-4-2-3-13(7-16)5-6-15-10-19(33-21(15)23)18(29)9-14-8-17(24)22(30)28(11-14)12-20(25)26/h2-4,7-8,10-11,20,27H,9,12H2,1H3. The van der Waals surface area contributed by atoms with Crippen molar-refractivity contribution in [2.45, 2.75) is 24.3 Å². The van der Waals surface area contributed by atoms with Crippen LogP contribution in [0.15, 0.2) is 52.3 Å². The lowest BCUT2D eigenvalue weighted by atomic mass is 10.1. The highest BCUT2D eigenvalue weighted by Gasteiger charge is 2.17. The minimum atomic E-state index is -3.64. The normalized spacial score (nSPS) is 11.4. The van der Waals surface area contributed by atoms with E-state index in [0.29, 0.717) is 15.7 Å². The van der Waals surface area contributed by atoms with Gasteiger partial charge in [0, 0.05) is 18.2 Å². The Morgan fingerprint density at radius 2 is 1.97 bits per heavy atom. The number of ketones is 1. The van der Waals surface area contributed by atoms with Crippen LogP contribution in [0.3, 0.4) is 0 Å². The van der Waals surface area contributed by atoms with Crippen LogP contribution in [0.2, 0.25) is 4.34 Å². The van der Waals surface area contributed by atoms with Gasteiger partial charge in [0.1, 0.15) is 4.34 Å². The van der Waals surface area contributed by atoms with E-state index in [0.717, 1.165) is 23.6 Å². The SMILES string of the molecule is CNS(=O)(=O)c1cccc(C#Cc2cc(C(=O)Cc3cc(F)c(=O)n(CC(F)F)c3)sc2Cl)c1. The topological polar surface area (TPSA) is 85.2 Å². The van der Waals surface area contributed by atoms with Gasteiger partial charge in [-0.25, -0.2) is 26.3 Å². The molecule has 0 spiro atoms. The Morgan fingerprint density at radius 1 is 1.24 bits per heavy atom. The molecule has 12 heteroatoms. The van der Waals surface area contributed by atoms with Crippen LogP contribution in [0.5, 0.6) is 0 Å². The van der Waals surface area contributed by atoms with Crippen LogP contribution in [0, 0.1) is 17.7 Å². The van der Waals surface area contributed by atoms with E-state index in [-0.39, 0.29) is 26.1 Å². The number of hydrogen-bond acceptors (Lipinski definition) is 5. The van der Waals surface area contributed by atoms with Crippen LogP contribution in [0.25, 0.3) is 0 Å². The second kappa shape index (κ2) is 10.6. The summed E-state index contributed by atoms with van der Waals surface area (Å²) < 4.78 is 65.9. The van der Waals surface area contributed by atoms with Crippen LogP contribution >= 0.6 is 22.9 Å². The predicted molar refractivity (Wildman–Crippen MR) is 123 cm³/mol. The number of halogens is 4. The lowest BCUT2D eigenvalue weighted by Crippen LogP contribution is -2.26. The number of benzene rings is 1. The monoisotopic (exact) mass is 528 g/mol. The summed E-state index contributed by atoms with van der Waals surface area (Å²) in [7, 11) is -2.35. The summed E-state index contributed by atoms with van der Waals surface area (Å²) in [5.74, 6) is 3.87. The number of nitrogens with zero attached hydrogens (tertiary/aromatic N) is 1. The first-order valence-electron chi connectivity index (χ1n) is 9.55. The Hall–Kier alpha value is -2.91. The smallest absolute Gasteiger partial charge is 0.286 e. The van der Waals surface area contributed by atoms with E-state index in [1.165, 1.54) is 31.3 Å². The molecule has 3 rings (SSSR count). The predicted octanol–water partition coefficient (Wildman–Crippen LogP) is 3.70. The second-order valence-electron chi connectivity index (χ2n) is 6.93. The largest absolute Gasteiger partial charge is 0.307 e. The number of aromatic nitrogens is 1. The van der Waals surface area contributed by atoms with Crippen molar-refractivity contribution in [1.82, 2.24) is 9.29 Å². The van der Waals surface area contributed by atoms with Crippen molar-refractivity contribution in [2.75, 3.05) is 7.05 Å². The van der Waals surface area contributed by atoms with Crippen molar-refractivity contribution in [2.24, 2.45) is 0 Å². The molecule has 0 atom stereocenters. The molecule has 2 heterocycles. The van der Waals surface area contributed by atoms with Gasteiger partial charge in [-0.2, -0.15) is 0 Å². The molecule has 0 saturated carbocycles. The lowest BCUT2D eigenvalue weighted by Gasteiger charge is -2.08. The molecule has 1 aromatic carbocycles. The molecule has 3 aromatic rings. The van der Waals surface area contributed by atoms with Crippen LogP contribution in [0.4, 0.5) is 13.2 Å². The van der Waals surface area contributed by atoms with Gasteiger partial charge in [-0.3, -0.25) is 9.59 Å². The molecule has 1 N–H and O–H groups in total. The van der Waals surface area contributed by atoms with Gasteiger partial charge in [-0.05, 0) is 42.9 Å². The number of carbonyl (C=O) groups excluding carboxylic acids is 1. The number of pyridine rings is 1. The summed E-state index contributed by atoms with van der Waals surface area (Å²) in [6.45, 7) is -0.987. The Balaban J connectivity index is 1.83. The number of Topliss-reactive ketones (excluding diaryl/α,β-unsaturated/α-hetero) is 1. The third-order valence-corrected chi connectivity index (χ3v) is 7.33. The van der Waals surface area contributed by atoms with E-state index >= 15 is 0 Å². The molecular formula is C22H16ClF3N2O4S2. The van der Waals surface area contributed by atoms with E-state index in [2.05, 4.69) is 16.6 Å². The Kier molecular flexibility index (Phi) is 7.99. The molecule has 178 valence electrons. The van der Waals surface area contributed by atoms with E-state index < -0.39 is 40.2 Å². The molecule has 6 nitrogen and oxygen atoms in total. The Bertz CT molecular complexity index is 1470. The molecule has 0 aliphatic carbocycles. The average Bonchev–Trinajstić information content (AvgIpc) is 3.16. The Labute approximate surface area is 202 Å². The summed E-state index contributed by atoms with van der Waals surface area (Å²) in [6.07, 6.45) is -2.18. The lowest BCUT2D eigenvalue weighted by molar-refractivity contribution is 0.0996. The number of sulfonamides is 1. The van der Waals surface area contributed by atoms with Gasteiger partial charge < -0.3 is 4.57 Å². The quantitative estimate of drug-likeness (QED) is 0.374. The van der Waals surface area contributed by atoms with Gasteiger partial charge in [0.25, 0.3) is 12.0 Å². The molecule has 34 heavy (non-hydrogen) atoms. The number of hydrogen-bond donors (Lipinski definition) is 1. The van der Waals surface area contributed by atoms with Crippen molar-refractivity contribution in [3.63, 3.8) is 0 Å². The first kappa shape index (κ1) is 25.7. The summed E-state index contributed by atoms with van der Waals surface area (Å²) in [5, 5.41) is 0. The molecule has 0 aliphatic heterocycles. The summed E-state index contributed by atoms with van der Waals surface area (Å²) >= 11 is 7.12. The first-order valence-corrected chi connectivity index (χ1v) is 12.2. The third kappa shape index (κ3) is 6.15. The first-order chi connectivity index (χ1) is 16.0. The van der Waals surface area contributed by atoms with E-state index in [1.807, 2.05) is 0 Å². The molecule has 0 amide bonds.